The molecule has 0 saturated heterocycles. The Morgan fingerprint density at radius 1 is 0.923 bits per heavy atom. The van der Waals surface area contributed by atoms with Gasteiger partial charge < -0.3 is 10.2 Å². The van der Waals surface area contributed by atoms with Gasteiger partial charge in [0.15, 0.2) is 6.29 Å². The van der Waals surface area contributed by atoms with E-state index in [1.54, 1.807) is 0 Å². The van der Waals surface area contributed by atoms with E-state index in [9.17, 15) is 10.2 Å². The fraction of sp³-hybridized carbons (Fsp3) is 1.00. The van der Waals surface area contributed by atoms with E-state index in [-0.39, 0.29) is 5.92 Å². The molecule has 0 aromatic carbocycles. The van der Waals surface area contributed by atoms with Gasteiger partial charge in [0.25, 0.3) is 0 Å². The van der Waals surface area contributed by atoms with Crippen LogP contribution in [0.3, 0.4) is 0 Å². The highest BCUT2D eigenvalue weighted by atomic mass is 16.5. The maximum atomic E-state index is 9.28. The number of rotatable bonds is 1. The summed E-state index contributed by atoms with van der Waals surface area (Å²) in [6, 6.07) is 0. The van der Waals surface area contributed by atoms with Crippen LogP contribution in [0, 0.1) is 29.6 Å². The molecule has 0 amide bonds. The van der Waals surface area contributed by atoms with E-state index in [4.69, 9.17) is 0 Å². The molecule has 5 atom stereocenters. The molecule has 0 aliphatic heterocycles. The highest BCUT2D eigenvalue weighted by Crippen LogP contribution is 2.61. The molecule has 0 heterocycles. The predicted molar refractivity (Wildman–Crippen MR) is 48.8 cm³/mol. The Balaban J connectivity index is 1.83. The maximum absolute atomic E-state index is 9.28. The van der Waals surface area contributed by atoms with Crippen LogP contribution < -0.4 is 0 Å². The number of aliphatic hydroxyl groups excluding tert-OH is 1. The van der Waals surface area contributed by atoms with Crippen LogP contribution >= 0.6 is 0 Å². The monoisotopic (exact) mass is 182 g/mol. The molecule has 2 N–H and O–H groups in total. The van der Waals surface area contributed by atoms with Gasteiger partial charge in [-0.1, -0.05) is 0 Å². The van der Waals surface area contributed by atoms with Crippen molar-refractivity contribution < 1.29 is 10.2 Å². The lowest BCUT2D eigenvalue weighted by molar-refractivity contribution is -0.102. The molecular formula is C11H18O2. The molecule has 74 valence electrons. The van der Waals surface area contributed by atoms with Crippen molar-refractivity contribution in [3.63, 3.8) is 0 Å². The van der Waals surface area contributed by atoms with Crippen molar-refractivity contribution in [2.75, 3.05) is 0 Å². The van der Waals surface area contributed by atoms with Crippen molar-refractivity contribution >= 4 is 0 Å². The number of hydrogen-bond acceptors (Lipinski definition) is 2. The summed E-state index contributed by atoms with van der Waals surface area (Å²) in [5.74, 6) is 3.51. The van der Waals surface area contributed by atoms with E-state index >= 15 is 0 Å². The second-order valence-electron chi connectivity index (χ2n) is 5.23. The lowest BCUT2D eigenvalue weighted by Gasteiger charge is -2.29. The first kappa shape index (κ1) is 8.25. The van der Waals surface area contributed by atoms with Crippen LogP contribution in [-0.4, -0.2) is 16.5 Å². The van der Waals surface area contributed by atoms with Crippen molar-refractivity contribution in [2.45, 2.75) is 38.4 Å². The molecule has 3 rings (SSSR count). The third-order valence-electron chi connectivity index (χ3n) is 4.87. The fourth-order valence-corrected chi connectivity index (χ4v) is 4.48. The summed E-state index contributed by atoms with van der Waals surface area (Å²) in [7, 11) is 0. The molecule has 0 aromatic heterocycles. The standard InChI is InChI=1S/C11H18O2/c12-11(13)9-4-3-8-6-1-2-7(5-6)10(8)9/h6-13H,1-5H2. The molecular weight excluding hydrogens is 164 g/mol. The van der Waals surface area contributed by atoms with Gasteiger partial charge in [0.05, 0.1) is 0 Å². The van der Waals surface area contributed by atoms with Crippen LogP contribution in [0.5, 0.6) is 0 Å². The summed E-state index contributed by atoms with van der Waals surface area (Å²) in [6.45, 7) is 0. The van der Waals surface area contributed by atoms with E-state index in [1.807, 2.05) is 0 Å². The maximum Gasteiger partial charge on any atom is 0.154 e. The van der Waals surface area contributed by atoms with Gasteiger partial charge in [-0.3, -0.25) is 0 Å². The van der Waals surface area contributed by atoms with Crippen molar-refractivity contribution in [3.05, 3.63) is 0 Å². The Morgan fingerprint density at radius 3 is 2.46 bits per heavy atom. The molecule has 13 heavy (non-hydrogen) atoms. The Kier molecular flexibility index (Phi) is 1.72. The van der Waals surface area contributed by atoms with E-state index in [1.165, 1.54) is 25.7 Å². The highest BCUT2D eigenvalue weighted by Gasteiger charge is 2.54. The minimum atomic E-state index is -1.05. The smallest absolute Gasteiger partial charge is 0.154 e. The summed E-state index contributed by atoms with van der Waals surface area (Å²) in [6.07, 6.45) is 5.43. The lowest BCUT2D eigenvalue weighted by Crippen LogP contribution is -2.29. The molecule has 2 heteroatoms. The minimum absolute atomic E-state index is 0.209. The summed E-state index contributed by atoms with van der Waals surface area (Å²) in [5, 5.41) is 18.6. The van der Waals surface area contributed by atoms with Crippen LogP contribution in [0.2, 0.25) is 0 Å². The average Bonchev–Trinajstić information content (AvgIpc) is 2.76. The average molecular weight is 182 g/mol. The van der Waals surface area contributed by atoms with Crippen molar-refractivity contribution in [3.8, 4) is 0 Å². The van der Waals surface area contributed by atoms with Crippen molar-refractivity contribution in [1.29, 1.82) is 0 Å². The summed E-state index contributed by atoms with van der Waals surface area (Å²) < 4.78 is 0. The van der Waals surface area contributed by atoms with E-state index in [0.29, 0.717) is 5.92 Å². The molecule has 2 bridgehead atoms. The van der Waals surface area contributed by atoms with Gasteiger partial charge in [0.2, 0.25) is 0 Å². The summed E-state index contributed by atoms with van der Waals surface area (Å²) in [5.41, 5.74) is 0. The van der Waals surface area contributed by atoms with Crippen LogP contribution in [0.1, 0.15) is 32.1 Å². The normalized spacial score (nSPS) is 53.3. The van der Waals surface area contributed by atoms with Crippen LogP contribution in [0.25, 0.3) is 0 Å². The topological polar surface area (TPSA) is 40.5 Å². The zero-order chi connectivity index (χ0) is 9.00. The predicted octanol–water partition coefficient (Wildman–Crippen LogP) is 1.37. The molecule has 5 unspecified atom stereocenters. The molecule has 0 spiro atoms. The van der Waals surface area contributed by atoms with Gasteiger partial charge >= 0.3 is 0 Å². The van der Waals surface area contributed by atoms with Gasteiger partial charge in [0, 0.05) is 5.92 Å². The first-order valence-electron chi connectivity index (χ1n) is 5.63. The summed E-state index contributed by atoms with van der Waals surface area (Å²) >= 11 is 0. The summed E-state index contributed by atoms with van der Waals surface area (Å²) in [4.78, 5) is 0. The fourth-order valence-electron chi connectivity index (χ4n) is 4.48. The third-order valence-corrected chi connectivity index (χ3v) is 4.87. The molecule has 0 radical (unpaired) electrons. The Hall–Kier alpha value is -0.0800. The Labute approximate surface area is 79.0 Å². The first-order chi connectivity index (χ1) is 6.27. The number of hydrogen-bond donors (Lipinski definition) is 2. The SMILES string of the molecule is OC(O)C1CCC2C3CCC(C3)C12. The van der Waals surface area contributed by atoms with Gasteiger partial charge in [-0.2, -0.15) is 0 Å². The molecule has 2 nitrogen and oxygen atoms in total. The molecule has 3 fully saturated rings. The Bertz CT molecular complexity index is 214. The molecule has 3 aliphatic carbocycles. The number of fused-ring (bicyclic) bond motifs is 5. The Morgan fingerprint density at radius 2 is 1.69 bits per heavy atom. The van der Waals surface area contributed by atoms with Crippen LogP contribution in [0.4, 0.5) is 0 Å². The van der Waals surface area contributed by atoms with Gasteiger partial charge in [0.1, 0.15) is 0 Å². The van der Waals surface area contributed by atoms with Gasteiger partial charge in [-0.05, 0) is 55.8 Å². The lowest BCUT2D eigenvalue weighted by atomic mass is 9.78. The van der Waals surface area contributed by atoms with Crippen LogP contribution in [0.15, 0.2) is 0 Å². The van der Waals surface area contributed by atoms with E-state index in [2.05, 4.69) is 0 Å². The van der Waals surface area contributed by atoms with Crippen LogP contribution in [-0.2, 0) is 0 Å². The van der Waals surface area contributed by atoms with E-state index in [0.717, 1.165) is 24.2 Å². The number of aliphatic hydroxyl groups is 2. The van der Waals surface area contributed by atoms with Gasteiger partial charge in [-0.25, -0.2) is 0 Å². The largest absolute Gasteiger partial charge is 0.368 e. The quantitative estimate of drug-likeness (QED) is 0.601. The zero-order valence-corrected chi connectivity index (χ0v) is 7.89. The molecule has 0 aromatic rings. The first-order valence-corrected chi connectivity index (χ1v) is 5.63. The molecule has 3 aliphatic rings. The van der Waals surface area contributed by atoms with Crippen molar-refractivity contribution in [2.24, 2.45) is 29.6 Å². The second-order valence-corrected chi connectivity index (χ2v) is 5.23. The van der Waals surface area contributed by atoms with Crippen molar-refractivity contribution in [1.82, 2.24) is 0 Å². The van der Waals surface area contributed by atoms with Gasteiger partial charge in [-0.15, -0.1) is 0 Å². The van der Waals surface area contributed by atoms with E-state index < -0.39 is 6.29 Å². The second kappa shape index (κ2) is 2.71. The highest BCUT2D eigenvalue weighted by molar-refractivity contribution is 5.02. The minimum Gasteiger partial charge on any atom is -0.368 e. The third kappa shape index (κ3) is 1.02. The zero-order valence-electron chi connectivity index (χ0n) is 7.89. The molecule has 3 saturated carbocycles.